The number of rotatable bonds is 0. The minimum Gasteiger partial charge on any atom is -0.253 e. The van der Waals surface area contributed by atoms with E-state index in [1.54, 1.807) is 43.1 Å². The van der Waals surface area contributed by atoms with Crippen molar-refractivity contribution < 1.29 is 66.2 Å². The molecule has 1 heterocycles. The van der Waals surface area contributed by atoms with Crippen LogP contribution in [0, 0.1) is 0 Å². The fourth-order valence-corrected chi connectivity index (χ4v) is 0.527. The topological polar surface area (TPSA) is 114 Å². The average Bonchev–Trinajstić information content (AvgIpc) is 2.88. The van der Waals surface area contributed by atoms with Crippen molar-refractivity contribution in [2.45, 2.75) is 12.4 Å². The van der Waals surface area contributed by atoms with Gasteiger partial charge in [0, 0.05) is 11.6 Å². The molecular formula is C7H7F6N2O4PtS. The zero-order chi connectivity index (χ0) is 17.7. The van der Waals surface area contributed by atoms with Crippen LogP contribution in [0.1, 0.15) is 0 Å². The zero-order valence-electron chi connectivity index (χ0n) is 9.46. The van der Waals surface area contributed by atoms with Crippen LogP contribution in [0.15, 0.2) is 17.1 Å². The van der Waals surface area contributed by atoms with Gasteiger partial charge in [0.25, 0.3) is 0 Å². The van der Waals surface area contributed by atoms with Crippen LogP contribution in [-0.4, -0.2) is 39.5 Å². The first-order chi connectivity index (χ1) is 9.39. The van der Waals surface area contributed by atoms with E-state index < -0.39 is 24.3 Å². The van der Waals surface area contributed by atoms with Crippen molar-refractivity contribution in [1.29, 1.82) is 0 Å². The molecule has 0 aliphatic heterocycles. The second-order valence-electron chi connectivity index (χ2n) is 2.28. The Balaban J connectivity index is -0.000000220. The Morgan fingerprint density at radius 3 is 1.33 bits per heavy atom. The molecule has 127 valence electrons. The van der Waals surface area contributed by atoms with E-state index in [1.165, 1.54) is 0 Å². The molecule has 0 saturated carbocycles. The molecule has 1 aromatic heterocycles. The Morgan fingerprint density at radius 1 is 1.00 bits per heavy atom. The van der Waals surface area contributed by atoms with E-state index in [1.807, 2.05) is 5.38 Å². The summed E-state index contributed by atoms with van der Waals surface area (Å²) in [7, 11) is 0. The van der Waals surface area contributed by atoms with Crippen molar-refractivity contribution in [3.8, 4) is 0 Å². The number of carboxylic acid groups (broad SMARTS) is 2. The fourth-order valence-electron chi connectivity index (χ4n) is 0.176. The van der Waals surface area contributed by atoms with E-state index in [-0.39, 0.29) is 0 Å². The number of carboxylic acids is 2. The molecule has 0 fully saturated rings. The van der Waals surface area contributed by atoms with Gasteiger partial charge in [0.1, 0.15) is 0 Å². The van der Waals surface area contributed by atoms with Crippen LogP contribution in [0.3, 0.4) is 0 Å². The molecular weight excluding hydrogens is 517 g/mol. The molecule has 0 aliphatic rings. The van der Waals surface area contributed by atoms with Crippen molar-refractivity contribution in [3.63, 3.8) is 0 Å². The average molecular weight is 524 g/mol. The van der Waals surface area contributed by atoms with Gasteiger partial charge >= 0.3 is 48.6 Å². The first kappa shape index (κ1) is 24.8. The molecule has 0 unspecified atom stereocenters. The Labute approximate surface area is 128 Å². The molecule has 14 heteroatoms. The standard InChI is InChI=1S/C3H3NS.2C2HF3O2.H2N.Pt/c1-2-5-3-4-1;2*3-2(4,5)1(6)7;;/h1-3H;2*(H,6,7);1H2;/q;;;-1;+1. The molecule has 4 N–H and O–H groups in total. The summed E-state index contributed by atoms with van der Waals surface area (Å²) in [5.74, 6) is -5.51. The van der Waals surface area contributed by atoms with Crippen molar-refractivity contribution in [2.75, 3.05) is 0 Å². The largest absolute Gasteiger partial charge is 0.253 e. The van der Waals surface area contributed by atoms with E-state index in [4.69, 9.17) is 19.8 Å². The third-order valence-corrected chi connectivity index (χ3v) is 1.35. The summed E-state index contributed by atoms with van der Waals surface area (Å²) < 4.78 is 67.9. The van der Waals surface area contributed by atoms with E-state index in [2.05, 4.69) is 9.28 Å². The normalized spacial score (nSPS) is 9.76. The Morgan fingerprint density at radius 2 is 1.29 bits per heavy atom. The van der Waals surface area contributed by atoms with Gasteiger partial charge in [0.2, 0.25) is 0 Å². The van der Waals surface area contributed by atoms with Gasteiger partial charge in [-0.05, 0) is 0 Å². The summed E-state index contributed by atoms with van der Waals surface area (Å²) in [5.41, 5.74) is 1.79. The van der Waals surface area contributed by atoms with Crippen LogP contribution in [0.2, 0.25) is 0 Å². The number of carbonyl (C=O) groups is 2. The third kappa shape index (κ3) is 21.3. The SMILES string of the molecule is O=C(O)C(F)(F)F.O=C(O)C(F)(F)F.[NH2][Pt].c1cscn1. The molecule has 0 aromatic carbocycles. The van der Waals surface area contributed by atoms with E-state index >= 15 is 0 Å². The number of hydrogen-bond acceptors (Lipinski definition) is 5. The summed E-state index contributed by atoms with van der Waals surface area (Å²) in [5, 5.41) is 16.2. The van der Waals surface area contributed by atoms with Gasteiger partial charge in [-0.2, -0.15) is 26.3 Å². The molecule has 0 spiro atoms. The first-order valence-corrected chi connectivity index (χ1v) is 6.25. The van der Waals surface area contributed by atoms with Crippen LogP contribution in [0.5, 0.6) is 0 Å². The minimum absolute atomic E-state index is 1.60. The van der Waals surface area contributed by atoms with E-state index in [0.29, 0.717) is 0 Å². The maximum Gasteiger partial charge on any atom is 0.0791 e. The van der Waals surface area contributed by atoms with Gasteiger partial charge in [-0.3, -0.25) is 4.98 Å². The summed E-state index contributed by atoms with van der Waals surface area (Å²) >= 11 is 3.24. The van der Waals surface area contributed by atoms with Crippen molar-refractivity contribution >= 4 is 23.3 Å². The number of aromatic nitrogens is 1. The minimum atomic E-state index is -5.08. The second-order valence-corrected chi connectivity index (χ2v) is 3.04. The summed E-state index contributed by atoms with van der Waals surface area (Å²) in [4.78, 5) is 21.5. The number of thiazole rings is 1. The van der Waals surface area contributed by atoms with Crippen molar-refractivity contribution in [1.82, 2.24) is 4.98 Å². The number of nitrogens with zero attached hydrogens (tertiary/aromatic N) is 1. The van der Waals surface area contributed by atoms with Crippen molar-refractivity contribution in [2.24, 2.45) is 4.29 Å². The summed E-state index contributed by atoms with van der Waals surface area (Å²) in [6, 6.07) is 0. The number of alkyl halides is 6. The van der Waals surface area contributed by atoms with Gasteiger partial charge in [0.05, 0.1) is 5.51 Å². The van der Waals surface area contributed by atoms with Crippen LogP contribution in [-0.2, 0) is 29.7 Å². The Bertz CT molecular complexity index is 342. The fraction of sp³-hybridized carbons (Fsp3) is 0.286. The van der Waals surface area contributed by atoms with Gasteiger partial charge in [-0.15, -0.1) is 11.3 Å². The van der Waals surface area contributed by atoms with Gasteiger partial charge in [0.15, 0.2) is 0 Å². The molecule has 0 amide bonds. The van der Waals surface area contributed by atoms with Gasteiger partial charge in [-0.25, -0.2) is 9.59 Å². The maximum absolute atomic E-state index is 10.6. The number of halogens is 6. The number of nitrogens with two attached hydrogens (primary N) is 1. The third-order valence-electron chi connectivity index (χ3n) is 0.832. The van der Waals surface area contributed by atoms with Crippen LogP contribution < -0.4 is 4.29 Å². The monoisotopic (exact) mass is 524 g/mol. The van der Waals surface area contributed by atoms with Crippen LogP contribution in [0.25, 0.3) is 0 Å². The molecule has 1 aromatic rings. The van der Waals surface area contributed by atoms with Crippen LogP contribution >= 0.6 is 11.3 Å². The molecule has 21 heavy (non-hydrogen) atoms. The number of hydrogen-bond donors (Lipinski definition) is 3. The molecule has 0 bridgehead atoms. The zero-order valence-corrected chi connectivity index (χ0v) is 12.5. The first-order valence-electron chi connectivity index (χ1n) is 3.99. The predicted molar refractivity (Wildman–Crippen MR) is 53.7 cm³/mol. The summed E-state index contributed by atoms with van der Waals surface area (Å²) in [6.07, 6.45) is -8.40. The Hall–Kier alpha value is -1.20. The Kier molecular flexibility index (Phi) is 14.8. The quantitative estimate of drug-likeness (QED) is 0.447. The molecule has 0 aliphatic carbocycles. The van der Waals surface area contributed by atoms with Gasteiger partial charge in [-0.1, -0.05) is 0 Å². The van der Waals surface area contributed by atoms with Crippen molar-refractivity contribution in [3.05, 3.63) is 17.1 Å². The molecule has 0 radical (unpaired) electrons. The molecule has 1 rings (SSSR count). The maximum atomic E-state index is 10.6. The smallest absolute Gasteiger partial charge is 0.0791 e. The molecule has 0 saturated heterocycles. The molecule has 6 nitrogen and oxygen atoms in total. The van der Waals surface area contributed by atoms with Crippen LogP contribution in [0.4, 0.5) is 26.3 Å². The molecule has 0 atom stereocenters. The van der Waals surface area contributed by atoms with E-state index in [0.717, 1.165) is 0 Å². The predicted octanol–water partition coefficient (Wildman–Crippen LogP) is 1.82. The van der Waals surface area contributed by atoms with E-state index in [9.17, 15) is 26.3 Å². The number of aliphatic carboxylic acids is 2. The second kappa shape index (κ2) is 12.5. The summed E-state index contributed by atoms with van der Waals surface area (Å²) in [6.45, 7) is 0. The van der Waals surface area contributed by atoms with Gasteiger partial charge < -0.3 is 10.2 Å².